The summed E-state index contributed by atoms with van der Waals surface area (Å²) in [6.45, 7) is 0. The van der Waals surface area contributed by atoms with Crippen LogP contribution in [0.15, 0.2) is 107 Å². The molecular formula is C42H18F12N4. The molecule has 0 amide bonds. The highest BCUT2D eigenvalue weighted by atomic mass is 19.4. The van der Waals surface area contributed by atoms with Gasteiger partial charge in [-0.1, -0.05) is 54.6 Å². The van der Waals surface area contributed by atoms with E-state index in [0.29, 0.717) is 61.3 Å². The molecule has 8 rings (SSSR count). The Hall–Kier alpha value is -6.68. The van der Waals surface area contributed by atoms with Gasteiger partial charge in [0.15, 0.2) is 0 Å². The van der Waals surface area contributed by atoms with E-state index in [4.69, 9.17) is 0 Å². The molecule has 1 aliphatic rings. The number of rotatable bonds is 2. The van der Waals surface area contributed by atoms with Gasteiger partial charge in [-0.15, -0.1) is 0 Å². The quantitative estimate of drug-likeness (QED) is 0.129. The molecule has 4 nitrogen and oxygen atoms in total. The molecule has 16 heteroatoms. The first-order valence-corrected chi connectivity index (χ1v) is 16.9. The third-order valence-electron chi connectivity index (χ3n) is 10.3. The van der Waals surface area contributed by atoms with Crippen molar-refractivity contribution in [2.45, 2.75) is 31.1 Å². The predicted octanol–water partition coefficient (Wildman–Crippen LogP) is 12.3. The Labute approximate surface area is 316 Å². The van der Waals surface area contributed by atoms with Crippen molar-refractivity contribution in [2.75, 3.05) is 0 Å². The Balaban J connectivity index is 1.37. The zero-order valence-electron chi connectivity index (χ0n) is 28.8. The van der Waals surface area contributed by atoms with Crippen LogP contribution >= 0.6 is 0 Å². The zero-order valence-corrected chi connectivity index (χ0v) is 28.8. The van der Waals surface area contributed by atoms with Crippen LogP contribution in [0.1, 0.15) is 23.1 Å². The second-order valence-corrected chi connectivity index (χ2v) is 13.6. The number of halogens is 12. The maximum absolute atomic E-state index is 13.8. The van der Waals surface area contributed by atoms with Crippen molar-refractivity contribution in [2.24, 2.45) is 15.9 Å². The second kappa shape index (κ2) is 12.9. The van der Waals surface area contributed by atoms with Crippen molar-refractivity contribution in [3.8, 4) is 23.5 Å². The van der Waals surface area contributed by atoms with E-state index in [1.165, 1.54) is 36.4 Å². The number of benzene rings is 5. The summed E-state index contributed by atoms with van der Waals surface area (Å²) in [7, 11) is 0. The van der Waals surface area contributed by atoms with Gasteiger partial charge in [0.1, 0.15) is 0 Å². The topological polar surface area (TPSA) is 72.3 Å². The first kappa shape index (κ1) is 38.2. The third kappa shape index (κ3) is 6.29. The van der Waals surface area contributed by atoms with Gasteiger partial charge in [-0.3, -0.25) is 0 Å². The largest absolute Gasteiger partial charge is 0.416 e. The molecule has 0 spiro atoms. The summed E-state index contributed by atoms with van der Waals surface area (Å²) < 4.78 is 165. The average molecular weight is 807 g/mol. The Kier molecular flexibility index (Phi) is 8.51. The minimum absolute atomic E-state index is 0.0166. The van der Waals surface area contributed by atoms with E-state index >= 15 is 0 Å². The van der Waals surface area contributed by atoms with Crippen LogP contribution in [-0.4, -0.2) is 12.4 Å². The molecule has 1 aliphatic carbocycles. The molecule has 0 radical (unpaired) electrons. The van der Waals surface area contributed by atoms with E-state index in [9.17, 15) is 63.2 Å². The SMILES string of the molecule is N#C/N=c1\c2cc(C3=CC(C(F)(F)F)CC(C(F)(F)F)=C3)ccc2c2c1ccc1c2ccc2/c(=N/C#N)c3cc(-c4cc(C(F)(F)F)cc(C(F)(F)F)c4)ccc3c21. The van der Waals surface area contributed by atoms with Crippen LogP contribution in [-0.2, 0) is 12.4 Å². The summed E-state index contributed by atoms with van der Waals surface area (Å²) in [6.07, 6.45) is -16.6. The molecule has 0 bridgehead atoms. The Bertz CT molecular complexity index is 3140. The van der Waals surface area contributed by atoms with Gasteiger partial charge < -0.3 is 0 Å². The second-order valence-electron chi connectivity index (χ2n) is 13.6. The van der Waals surface area contributed by atoms with Crippen LogP contribution in [0.5, 0.6) is 0 Å². The minimum atomic E-state index is -5.09. The Morgan fingerprint density at radius 3 is 1.36 bits per heavy atom. The highest BCUT2D eigenvalue weighted by molar-refractivity contribution is 6.31. The van der Waals surface area contributed by atoms with Gasteiger partial charge >= 0.3 is 24.7 Å². The van der Waals surface area contributed by atoms with E-state index in [1.54, 1.807) is 36.7 Å². The van der Waals surface area contributed by atoms with Crippen molar-refractivity contribution in [3.63, 3.8) is 0 Å². The fourth-order valence-corrected chi connectivity index (χ4v) is 7.80. The molecule has 0 heterocycles. The molecular weight excluding hydrogens is 788 g/mol. The van der Waals surface area contributed by atoms with Crippen LogP contribution in [0.3, 0.4) is 0 Å². The molecule has 58 heavy (non-hydrogen) atoms. The van der Waals surface area contributed by atoms with E-state index in [1.807, 2.05) is 0 Å². The van der Waals surface area contributed by atoms with Crippen molar-refractivity contribution in [1.82, 2.24) is 0 Å². The summed E-state index contributed by atoms with van der Waals surface area (Å²) in [5.41, 5.74) is -5.09. The standard InChI is InChI=1S/C42H18F12N4/c43-39(44,45)23-9-21(10-24(15-23)40(46,47)48)19-1-3-29-33(13-19)37(57-17-55)31-7-6-28-27(35(29)31)5-8-32-36(28)30-4-2-20(14-34(30)38(32)58-18-56)22-11-25(41(49,50)51)16-26(12-22)42(52,53)54/h1-15,25H,16H2/b57-37-,58-38-. The molecule has 7 aromatic rings. The number of nitrogens with zero attached hydrogens (tertiary/aromatic N) is 4. The third-order valence-corrected chi connectivity index (χ3v) is 10.3. The molecule has 0 aromatic heterocycles. The summed E-state index contributed by atoms with van der Waals surface area (Å²) in [5, 5.41) is 23.8. The summed E-state index contributed by atoms with van der Waals surface area (Å²) >= 11 is 0. The molecule has 0 saturated heterocycles. The molecule has 0 saturated carbocycles. The van der Waals surface area contributed by atoms with E-state index in [-0.39, 0.29) is 49.8 Å². The van der Waals surface area contributed by atoms with Gasteiger partial charge in [0.25, 0.3) is 0 Å². The number of fused-ring (bicyclic) bond motifs is 9. The van der Waals surface area contributed by atoms with E-state index in [0.717, 1.165) is 6.08 Å². The molecule has 7 aromatic carbocycles. The molecule has 0 N–H and O–H groups in total. The fourth-order valence-electron chi connectivity index (χ4n) is 7.80. The van der Waals surface area contributed by atoms with Gasteiger partial charge in [-0.05, 0) is 97.4 Å². The molecule has 1 atom stereocenters. The average Bonchev–Trinajstić information content (AvgIpc) is 3.65. The highest BCUT2D eigenvalue weighted by Crippen LogP contribution is 2.45. The fraction of sp³-hybridized carbons (Fsp3) is 0.143. The first-order valence-electron chi connectivity index (χ1n) is 16.9. The normalized spacial score (nSPS) is 16.4. The van der Waals surface area contributed by atoms with Gasteiger partial charge in [0.2, 0.25) is 12.4 Å². The summed E-state index contributed by atoms with van der Waals surface area (Å²) in [6, 6.07) is 16.2. The number of nitriles is 2. The molecule has 290 valence electrons. The summed E-state index contributed by atoms with van der Waals surface area (Å²) in [4.78, 5) is 7.92. The van der Waals surface area contributed by atoms with E-state index < -0.39 is 53.7 Å². The lowest BCUT2D eigenvalue weighted by Gasteiger charge is -2.25. The molecule has 0 aliphatic heterocycles. The molecule has 0 fully saturated rings. The zero-order chi connectivity index (χ0) is 41.7. The van der Waals surface area contributed by atoms with E-state index in [2.05, 4.69) is 9.98 Å². The van der Waals surface area contributed by atoms with Crippen LogP contribution < -0.4 is 10.7 Å². The first-order chi connectivity index (χ1) is 27.2. The number of hydrogen-bond donors (Lipinski definition) is 0. The van der Waals surface area contributed by atoms with Crippen molar-refractivity contribution in [1.29, 1.82) is 10.5 Å². The van der Waals surface area contributed by atoms with Gasteiger partial charge in [0.05, 0.1) is 27.8 Å². The molecule has 1 unspecified atom stereocenters. The Morgan fingerprint density at radius 2 is 0.914 bits per heavy atom. The van der Waals surface area contributed by atoms with Crippen molar-refractivity contribution in [3.05, 3.63) is 124 Å². The lowest BCUT2D eigenvalue weighted by Crippen LogP contribution is -2.27. The summed E-state index contributed by atoms with van der Waals surface area (Å²) in [5.74, 6) is -2.40. The number of alkyl halides is 12. The maximum Gasteiger partial charge on any atom is 0.416 e. The van der Waals surface area contributed by atoms with Gasteiger partial charge in [0, 0.05) is 27.1 Å². The number of allylic oxidation sites excluding steroid dienone is 4. The van der Waals surface area contributed by atoms with Crippen LogP contribution in [0.4, 0.5) is 52.7 Å². The lowest BCUT2D eigenvalue weighted by molar-refractivity contribution is -0.165. The van der Waals surface area contributed by atoms with Crippen LogP contribution in [0.25, 0.3) is 70.6 Å². The predicted molar refractivity (Wildman–Crippen MR) is 190 cm³/mol. The van der Waals surface area contributed by atoms with Gasteiger partial charge in [-0.25, -0.2) is 0 Å². The Morgan fingerprint density at radius 1 is 0.483 bits per heavy atom. The minimum Gasteiger partial charge on any atom is -0.172 e. The maximum atomic E-state index is 13.8. The van der Waals surface area contributed by atoms with Gasteiger partial charge in [-0.2, -0.15) is 73.2 Å². The monoisotopic (exact) mass is 806 g/mol. The highest BCUT2D eigenvalue weighted by Gasteiger charge is 2.45. The lowest BCUT2D eigenvalue weighted by atomic mass is 9.86. The van der Waals surface area contributed by atoms with Crippen LogP contribution in [0, 0.1) is 28.8 Å². The number of hydrogen-bond acceptors (Lipinski definition) is 4. The van der Waals surface area contributed by atoms with Crippen molar-refractivity contribution < 1.29 is 52.7 Å². The smallest absolute Gasteiger partial charge is 0.172 e. The van der Waals surface area contributed by atoms with Crippen LogP contribution in [0.2, 0.25) is 0 Å². The van der Waals surface area contributed by atoms with Crippen molar-refractivity contribution >= 4 is 59.4 Å².